The second-order valence-electron chi connectivity index (χ2n) is 4.34. The van der Waals surface area contributed by atoms with Gasteiger partial charge in [0.05, 0.1) is 18.7 Å². The zero-order valence-corrected chi connectivity index (χ0v) is 11.1. The predicted octanol–water partition coefficient (Wildman–Crippen LogP) is 3.74. The van der Waals surface area contributed by atoms with Gasteiger partial charge in [0.1, 0.15) is 5.75 Å². The van der Waals surface area contributed by atoms with Gasteiger partial charge in [-0.25, -0.2) is 0 Å². The van der Waals surface area contributed by atoms with Crippen LogP contribution in [0.25, 0.3) is 0 Å². The quantitative estimate of drug-likeness (QED) is 0.901. The summed E-state index contributed by atoms with van der Waals surface area (Å²) < 4.78 is 5.20. The van der Waals surface area contributed by atoms with Gasteiger partial charge >= 0.3 is 0 Å². The first-order chi connectivity index (χ1) is 9.22. The smallest absolute Gasteiger partial charge is 0.120 e. The Bertz CT molecular complexity index is 602. The van der Waals surface area contributed by atoms with Crippen LogP contribution in [-0.4, -0.2) is 7.11 Å². The molecule has 0 saturated carbocycles. The van der Waals surface area contributed by atoms with Crippen molar-refractivity contribution in [3.8, 4) is 11.8 Å². The summed E-state index contributed by atoms with van der Waals surface area (Å²) in [4.78, 5) is 0. The molecule has 19 heavy (non-hydrogen) atoms. The summed E-state index contributed by atoms with van der Waals surface area (Å²) in [6, 6.07) is 17.7. The van der Waals surface area contributed by atoms with Gasteiger partial charge in [-0.2, -0.15) is 5.26 Å². The van der Waals surface area contributed by atoms with E-state index >= 15 is 0 Å². The number of methoxy groups -OCH3 is 1. The molecule has 0 saturated heterocycles. The third-order valence-electron chi connectivity index (χ3n) is 2.97. The molecule has 0 aromatic heterocycles. The number of hydrogen-bond acceptors (Lipinski definition) is 3. The number of nitrogens with one attached hydrogen (secondary N) is 1. The Balaban J connectivity index is 2.15. The summed E-state index contributed by atoms with van der Waals surface area (Å²) in [5.41, 5.74) is 2.76. The van der Waals surface area contributed by atoms with Crippen LogP contribution in [0.4, 0.5) is 5.69 Å². The highest BCUT2D eigenvalue weighted by molar-refractivity contribution is 5.50. The number of nitriles is 1. The lowest BCUT2D eigenvalue weighted by Crippen LogP contribution is -2.06. The van der Waals surface area contributed by atoms with Crippen LogP contribution in [0.1, 0.15) is 24.1 Å². The fraction of sp³-hybridized carbons (Fsp3) is 0.188. The summed E-state index contributed by atoms with van der Waals surface area (Å²) >= 11 is 0. The van der Waals surface area contributed by atoms with E-state index in [0.717, 1.165) is 17.0 Å². The highest BCUT2D eigenvalue weighted by Gasteiger charge is 2.06. The first-order valence-electron chi connectivity index (χ1n) is 6.13. The lowest BCUT2D eigenvalue weighted by molar-refractivity contribution is 0.415. The molecule has 0 radical (unpaired) electrons. The van der Waals surface area contributed by atoms with E-state index in [0.29, 0.717) is 5.56 Å². The van der Waals surface area contributed by atoms with Crippen molar-refractivity contribution in [2.24, 2.45) is 0 Å². The van der Waals surface area contributed by atoms with Crippen LogP contribution in [-0.2, 0) is 0 Å². The highest BCUT2D eigenvalue weighted by atomic mass is 16.5. The van der Waals surface area contributed by atoms with Crippen molar-refractivity contribution in [1.29, 1.82) is 5.26 Å². The summed E-state index contributed by atoms with van der Waals surface area (Å²) in [6.07, 6.45) is 0. The molecule has 2 rings (SSSR count). The highest BCUT2D eigenvalue weighted by Crippen LogP contribution is 2.23. The molecule has 0 fully saturated rings. The molecule has 1 unspecified atom stereocenters. The first kappa shape index (κ1) is 13.0. The van der Waals surface area contributed by atoms with Crippen molar-refractivity contribution >= 4 is 5.69 Å². The average molecular weight is 252 g/mol. The minimum absolute atomic E-state index is 0.125. The van der Waals surface area contributed by atoms with Crippen molar-refractivity contribution in [2.45, 2.75) is 13.0 Å². The monoisotopic (exact) mass is 252 g/mol. The summed E-state index contributed by atoms with van der Waals surface area (Å²) in [6.45, 7) is 2.07. The molecule has 0 aliphatic carbocycles. The fourth-order valence-electron chi connectivity index (χ4n) is 1.92. The van der Waals surface area contributed by atoms with Gasteiger partial charge in [-0.15, -0.1) is 0 Å². The SMILES string of the molecule is COc1cccc(NC(C)c2cccc(C#N)c2)c1. The first-order valence-corrected chi connectivity index (χ1v) is 6.13. The predicted molar refractivity (Wildman–Crippen MR) is 76.2 cm³/mol. The van der Waals surface area contributed by atoms with Crippen LogP contribution in [0.3, 0.4) is 0 Å². The standard InChI is InChI=1S/C16H16N2O/c1-12(14-6-3-5-13(9-14)11-17)18-15-7-4-8-16(10-15)19-2/h3-10,12,18H,1-2H3. The van der Waals surface area contributed by atoms with E-state index in [1.807, 2.05) is 48.5 Å². The minimum atomic E-state index is 0.125. The maximum absolute atomic E-state index is 8.91. The van der Waals surface area contributed by atoms with Crippen LogP contribution in [0, 0.1) is 11.3 Å². The third-order valence-corrected chi connectivity index (χ3v) is 2.97. The van der Waals surface area contributed by atoms with Crippen LogP contribution >= 0.6 is 0 Å². The van der Waals surface area contributed by atoms with Crippen molar-refractivity contribution in [3.05, 3.63) is 59.7 Å². The van der Waals surface area contributed by atoms with Gasteiger partial charge in [0.2, 0.25) is 0 Å². The Morgan fingerprint density at radius 1 is 1.16 bits per heavy atom. The second kappa shape index (κ2) is 5.92. The van der Waals surface area contributed by atoms with Crippen LogP contribution in [0.15, 0.2) is 48.5 Å². The topological polar surface area (TPSA) is 45.0 Å². The molecule has 1 N–H and O–H groups in total. The van der Waals surface area contributed by atoms with Gasteiger partial charge in [-0.1, -0.05) is 18.2 Å². The van der Waals surface area contributed by atoms with Gasteiger partial charge in [0.15, 0.2) is 0 Å². The third kappa shape index (κ3) is 3.26. The second-order valence-corrected chi connectivity index (χ2v) is 4.34. The molecular weight excluding hydrogens is 236 g/mol. The van der Waals surface area contributed by atoms with Crippen LogP contribution in [0.5, 0.6) is 5.75 Å². The molecule has 2 aromatic rings. The zero-order chi connectivity index (χ0) is 13.7. The normalized spacial score (nSPS) is 11.4. The maximum Gasteiger partial charge on any atom is 0.120 e. The molecule has 0 aliphatic heterocycles. The Morgan fingerprint density at radius 2 is 1.95 bits per heavy atom. The van der Waals surface area contributed by atoms with Gasteiger partial charge < -0.3 is 10.1 Å². The van der Waals surface area contributed by atoms with Crippen molar-refractivity contribution in [3.63, 3.8) is 0 Å². The van der Waals surface area contributed by atoms with Crippen LogP contribution in [0.2, 0.25) is 0 Å². The molecule has 2 aromatic carbocycles. The lowest BCUT2D eigenvalue weighted by Gasteiger charge is -2.16. The van der Waals surface area contributed by atoms with Crippen molar-refractivity contribution < 1.29 is 4.74 Å². The summed E-state index contributed by atoms with van der Waals surface area (Å²) in [5.74, 6) is 0.822. The Hall–Kier alpha value is -2.47. The van der Waals surface area contributed by atoms with Crippen molar-refractivity contribution in [2.75, 3.05) is 12.4 Å². The molecular formula is C16H16N2O. The Labute approximate surface area is 113 Å². The molecule has 0 bridgehead atoms. The largest absolute Gasteiger partial charge is 0.497 e. The molecule has 96 valence electrons. The minimum Gasteiger partial charge on any atom is -0.497 e. The van der Waals surface area contributed by atoms with Crippen LogP contribution < -0.4 is 10.1 Å². The van der Waals surface area contributed by atoms with E-state index in [1.54, 1.807) is 7.11 Å². The number of nitrogens with zero attached hydrogens (tertiary/aromatic N) is 1. The molecule has 3 heteroatoms. The number of hydrogen-bond donors (Lipinski definition) is 1. The fourth-order valence-corrected chi connectivity index (χ4v) is 1.92. The zero-order valence-electron chi connectivity index (χ0n) is 11.1. The Kier molecular flexibility index (Phi) is 4.04. The van der Waals surface area contributed by atoms with E-state index in [9.17, 15) is 0 Å². The van der Waals surface area contributed by atoms with Gasteiger partial charge in [-0.3, -0.25) is 0 Å². The van der Waals surface area contributed by atoms with E-state index in [2.05, 4.69) is 18.3 Å². The van der Waals surface area contributed by atoms with E-state index < -0.39 is 0 Å². The van der Waals surface area contributed by atoms with Crippen molar-refractivity contribution in [1.82, 2.24) is 0 Å². The average Bonchev–Trinajstić information content (AvgIpc) is 2.47. The lowest BCUT2D eigenvalue weighted by atomic mass is 10.1. The van der Waals surface area contributed by atoms with Gasteiger partial charge in [0.25, 0.3) is 0 Å². The van der Waals surface area contributed by atoms with E-state index in [1.165, 1.54) is 0 Å². The number of rotatable bonds is 4. The number of ether oxygens (including phenoxy) is 1. The van der Waals surface area contributed by atoms with E-state index in [-0.39, 0.29) is 6.04 Å². The molecule has 1 atom stereocenters. The number of benzene rings is 2. The maximum atomic E-state index is 8.91. The summed E-state index contributed by atoms with van der Waals surface area (Å²) in [5, 5.41) is 12.3. The molecule has 0 heterocycles. The van der Waals surface area contributed by atoms with Gasteiger partial charge in [0, 0.05) is 17.8 Å². The summed E-state index contributed by atoms with van der Waals surface area (Å²) in [7, 11) is 1.65. The molecule has 0 aliphatic rings. The van der Waals surface area contributed by atoms with E-state index in [4.69, 9.17) is 10.00 Å². The molecule has 3 nitrogen and oxygen atoms in total. The van der Waals surface area contributed by atoms with Gasteiger partial charge in [-0.05, 0) is 36.8 Å². The number of anilines is 1. The molecule has 0 amide bonds. The Morgan fingerprint density at radius 3 is 2.68 bits per heavy atom. The molecule has 0 spiro atoms.